The second kappa shape index (κ2) is 13.4. The number of ether oxygens (including phenoxy) is 2. The van der Waals surface area contributed by atoms with Crippen LogP contribution in [0.15, 0.2) is 65.6 Å². The average molecular weight is 657 g/mol. The third kappa shape index (κ3) is 6.76. The Morgan fingerprint density at radius 1 is 1.13 bits per heavy atom. The van der Waals surface area contributed by atoms with Crippen molar-refractivity contribution in [3.05, 3.63) is 66.2 Å². The number of methoxy groups -OCH3 is 1. The Labute approximate surface area is 266 Å². The number of para-hydroxylation sites is 2. The number of amides is 3. The van der Waals surface area contributed by atoms with Crippen molar-refractivity contribution in [1.82, 2.24) is 9.21 Å². The normalized spacial score (nSPS) is 18.4. The van der Waals surface area contributed by atoms with Gasteiger partial charge in [-0.2, -0.15) is 4.31 Å². The number of hydrogen-bond acceptors (Lipinski definition) is 10. The summed E-state index contributed by atoms with van der Waals surface area (Å²) in [4.78, 5) is 28.6. The lowest BCUT2D eigenvalue weighted by molar-refractivity contribution is 0.0389. The van der Waals surface area contributed by atoms with E-state index in [0.717, 1.165) is 11.4 Å². The fourth-order valence-corrected chi connectivity index (χ4v) is 6.93. The summed E-state index contributed by atoms with van der Waals surface area (Å²) in [5, 5.41) is 15.6. The van der Waals surface area contributed by atoms with Crippen molar-refractivity contribution >= 4 is 56.8 Å². The number of carbonyl (C=O) groups is 2. The highest BCUT2D eigenvalue weighted by Gasteiger charge is 2.36. The van der Waals surface area contributed by atoms with Gasteiger partial charge in [0.1, 0.15) is 11.9 Å². The summed E-state index contributed by atoms with van der Waals surface area (Å²) in [5.74, 6) is -0.114. The van der Waals surface area contributed by atoms with Crippen LogP contribution in [0.5, 0.6) is 11.5 Å². The summed E-state index contributed by atoms with van der Waals surface area (Å²) >= 11 is 1.28. The molecule has 0 saturated heterocycles. The summed E-state index contributed by atoms with van der Waals surface area (Å²) in [6.07, 6.45) is -0.737. The van der Waals surface area contributed by atoms with Crippen LogP contribution in [-0.4, -0.2) is 80.7 Å². The van der Waals surface area contributed by atoms with E-state index in [1.807, 2.05) is 13.0 Å². The first-order chi connectivity index (χ1) is 21.5. The monoisotopic (exact) mass is 656 g/mol. The molecule has 3 unspecified atom stereocenters. The second-order valence-corrected chi connectivity index (χ2v) is 13.5. The second-order valence-electron chi connectivity index (χ2n) is 10.9. The van der Waals surface area contributed by atoms with Crippen molar-refractivity contribution in [3.8, 4) is 11.5 Å². The zero-order chi connectivity index (χ0) is 32.3. The number of benzene rings is 3. The molecule has 15 heteroatoms. The molecule has 0 radical (unpaired) electrons. The minimum atomic E-state index is -3.91. The number of urea groups is 1. The third-order valence-corrected chi connectivity index (χ3v) is 10.2. The smallest absolute Gasteiger partial charge is 0.323 e. The van der Waals surface area contributed by atoms with E-state index in [9.17, 15) is 23.1 Å². The summed E-state index contributed by atoms with van der Waals surface area (Å²) in [6, 6.07) is 15.2. The highest BCUT2D eigenvalue weighted by atomic mass is 32.2. The fourth-order valence-electron chi connectivity index (χ4n) is 5.10. The van der Waals surface area contributed by atoms with Gasteiger partial charge in [0.15, 0.2) is 5.75 Å². The fraction of sp³-hybridized carbons (Fsp3) is 0.333. The maximum Gasteiger partial charge on any atom is 0.323 e. The molecule has 3 aromatic rings. The number of anilines is 4. The third-order valence-electron chi connectivity index (χ3n) is 7.77. The lowest BCUT2D eigenvalue weighted by atomic mass is 9.99. The van der Waals surface area contributed by atoms with Gasteiger partial charge in [-0.3, -0.25) is 4.79 Å². The molecule has 0 spiro atoms. The molecular weight excluding hydrogens is 620 g/mol. The highest BCUT2D eigenvalue weighted by molar-refractivity contribution is 8.02. The number of likely N-dealkylation sites (N-methyl/N-ethyl adjacent to an activating group) is 1. The van der Waals surface area contributed by atoms with E-state index in [1.54, 1.807) is 54.3 Å². The molecule has 2 aliphatic heterocycles. The van der Waals surface area contributed by atoms with Crippen LogP contribution in [0.3, 0.4) is 0 Å². The molecule has 5 N–H and O–H groups in total. The van der Waals surface area contributed by atoms with E-state index >= 15 is 0 Å². The van der Waals surface area contributed by atoms with Crippen LogP contribution in [0.25, 0.3) is 0 Å². The van der Waals surface area contributed by atoms with Crippen molar-refractivity contribution < 1.29 is 32.6 Å². The van der Waals surface area contributed by atoms with Crippen LogP contribution in [0, 0.1) is 5.92 Å². The van der Waals surface area contributed by atoms with Crippen molar-refractivity contribution in [2.45, 2.75) is 30.9 Å². The van der Waals surface area contributed by atoms with Gasteiger partial charge >= 0.3 is 6.03 Å². The molecular formula is C30H36N6O7S2. The van der Waals surface area contributed by atoms with Gasteiger partial charge in [-0.15, -0.1) is 0 Å². The number of fused-ring (bicyclic) bond motifs is 2. The molecule has 0 aliphatic carbocycles. The van der Waals surface area contributed by atoms with E-state index < -0.39 is 28.2 Å². The average Bonchev–Trinajstić information content (AvgIpc) is 3.52. The summed E-state index contributed by atoms with van der Waals surface area (Å²) in [7, 11) is -0.950. The molecule has 45 heavy (non-hydrogen) atoms. The SMILES string of the molecule is COc1ccc(S(=O)(=O)N(C)CC2Oc3c(NC(=O)Nc4cccc5c4NSN5)cccc3C(=O)N(C(C)CO)CC2C)cc1. The van der Waals surface area contributed by atoms with Crippen molar-refractivity contribution in [2.75, 3.05) is 53.9 Å². The minimum absolute atomic E-state index is 0.0580. The van der Waals surface area contributed by atoms with Crippen LogP contribution in [0.1, 0.15) is 24.2 Å². The van der Waals surface area contributed by atoms with Crippen molar-refractivity contribution in [1.29, 1.82) is 0 Å². The Morgan fingerprint density at radius 2 is 1.82 bits per heavy atom. The molecule has 3 amide bonds. The quantitative estimate of drug-likeness (QED) is 0.210. The molecule has 13 nitrogen and oxygen atoms in total. The number of aliphatic hydroxyl groups is 1. The van der Waals surface area contributed by atoms with E-state index in [4.69, 9.17) is 9.47 Å². The van der Waals surface area contributed by atoms with Crippen LogP contribution in [0.4, 0.5) is 27.5 Å². The molecule has 0 fully saturated rings. The lowest BCUT2D eigenvalue weighted by Crippen LogP contribution is -2.50. The molecule has 240 valence electrons. The van der Waals surface area contributed by atoms with E-state index in [1.165, 1.54) is 42.7 Å². The maximum absolute atomic E-state index is 13.8. The molecule has 0 bridgehead atoms. The summed E-state index contributed by atoms with van der Waals surface area (Å²) in [6.45, 7) is 3.46. The topological polar surface area (TPSA) is 162 Å². The van der Waals surface area contributed by atoms with E-state index in [0.29, 0.717) is 11.4 Å². The maximum atomic E-state index is 13.8. The number of rotatable bonds is 9. The largest absolute Gasteiger partial charge is 0.497 e. The van der Waals surface area contributed by atoms with E-state index in [2.05, 4.69) is 20.1 Å². The van der Waals surface area contributed by atoms with Gasteiger partial charge in [-0.1, -0.05) is 19.1 Å². The number of carbonyl (C=O) groups excluding carboxylic acids is 2. The zero-order valence-electron chi connectivity index (χ0n) is 25.2. The number of sulfonamides is 1. The van der Waals surface area contributed by atoms with Crippen LogP contribution in [-0.2, 0) is 10.0 Å². The number of nitrogens with one attached hydrogen (secondary N) is 4. The van der Waals surface area contributed by atoms with Crippen molar-refractivity contribution in [3.63, 3.8) is 0 Å². The van der Waals surface area contributed by atoms with Crippen LogP contribution >= 0.6 is 12.1 Å². The molecule has 5 rings (SSSR count). The Morgan fingerprint density at radius 3 is 2.53 bits per heavy atom. The van der Waals surface area contributed by atoms with Gasteiger partial charge in [0.25, 0.3) is 5.91 Å². The van der Waals surface area contributed by atoms with Gasteiger partial charge in [-0.05, 0) is 55.5 Å². The molecule has 3 atom stereocenters. The Hall–Kier alpha value is -4.18. The number of nitrogens with zero attached hydrogens (tertiary/aromatic N) is 2. The van der Waals surface area contributed by atoms with Gasteiger partial charge in [0, 0.05) is 19.5 Å². The minimum Gasteiger partial charge on any atom is -0.497 e. The number of hydrogen-bond donors (Lipinski definition) is 5. The van der Waals surface area contributed by atoms with Crippen LogP contribution < -0.4 is 29.6 Å². The molecule has 2 heterocycles. The predicted octanol–water partition coefficient (Wildman–Crippen LogP) is 4.28. The van der Waals surface area contributed by atoms with E-state index in [-0.39, 0.29) is 53.4 Å². The standard InChI is InChI=1S/C30H36N6O7S2/c1-18-15-36(19(2)17-37)29(38)22-7-5-10-25(32-30(39)31-23-8-6-9-24-27(23)34-44-33-24)28(22)43-26(18)16-35(3)45(40,41)21-13-11-20(42-4)12-14-21/h5-14,18-19,26,33-34,37H,15-17H2,1-4H3,(H2,31,32,39). The highest BCUT2D eigenvalue weighted by Crippen LogP contribution is 2.39. The predicted molar refractivity (Wildman–Crippen MR) is 174 cm³/mol. The Kier molecular flexibility index (Phi) is 9.62. The molecule has 3 aromatic carbocycles. The van der Waals surface area contributed by atoms with Crippen LogP contribution in [0.2, 0.25) is 0 Å². The van der Waals surface area contributed by atoms with Gasteiger partial charge in [0.2, 0.25) is 10.0 Å². The Balaban J connectivity index is 1.46. The Bertz CT molecular complexity index is 1670. The molecule has 2 aliphatic rings. The summed E-state index contributed by atoms with van der Waals surface area (Å²) in [5.41, 5.74) is 2.48. The number of aliphatic hydroxyl groups excluding tert-OH is 1. The van der Waals surface area contributed by atoms with Gasteiger partial charge < -0.3 is 39.6 Å². The summed E-state index contributed by atoms with van der Waals surface area (Å²) < 4.78 is 46.0. The first-order valence-corrected chi connectivity index (χ1v) is 16.5. The van der Waals surface area contributed by atoms with Gasteiger partial charge in [-0.25, -0.2) is 13.2 Å². The van der Waals surface area contributed by atoms with Crippen molar-refractivity contribution in [2.24, 2.45) is 5.92 Å². The first kappa shape index (κ1) is 32.2. The lowest BCUT2D eigenvalue weighted by Gasteiger charge is -2.38. The zero-order valence-corrected chi connectivity index (χ0v) is 26.9. The first-order valence-electron chi connectivity index (χ1n) is 14.2. The molecule has 0 aromatic heterocycles. The molecule has 0 saturated carbocycles. The van der Waals surface area contributed by atoms with Gasteiger partial charge in [0.05, 0.1) is 71.6 Å².